The van der Waals surface area contributed by atoms with E-state index in [9.17, 15) is 14.4 Å². The molecule has 1 saturated heterocycles. The first-order valence-electron chi connectivity index (χ1n) is 12.9. The van der Waals surface area contributed by atoms with Crippen molar-refractivity contribution in [1.29, 1.82) is 0 Å². The fourth-order valence-electron chi connectivity index (χ4n) is 4.62. The van der Waals surface area contributed by atoms with Gasteiger partial charge in [-0.15, -0.1) is 0 Å². The summed E-state index contributed by atoms with van der Waals surface area (Å²) in [5.41, 5.74) is 4.41. The molecule has 8 heteroatoms. The highest BCUT2D eigenvalue weighted by Crippen LogP contribution is 2.35. The molecule has 202 valence electrons. The highest BCUT2D eigenvalue weighted by Gasteiger charge is 2.47. The van der Waals surface area contributed by atoms with Crippen LogP contribution in [0.2, 0.25) is 5.02 Å². The van der Waals surface area contributed by atoms with Crippen LogP contribution >= 0.6 is 11.6 Å². The highest BCUT2D eigenvalue weighted by molar-refractivity contribution is 6.31. The number of benzene rings is 4. The summed E-state index contributed by atoms with van der Waals surface area (Å²) < 4.78 is 5.80. The zero-order chi connectivity index (χ0) is 28.1. The van der Waals surface area contributed by atoms with E-state index in [0.717, 1.165) is 16.7 Å². The lowest BCUT2D eigenvalue weighted by Crippen LogP contribution is -2.46. The molecule has 0 aromatic heterocycles. The first-order chi connectivity index (χ1) is 19.4. The number of anilines is 1. The average Bonchev–Trinajstić information content (AvgIpc) is 3.29. The van der Waals surface area contributed by atoms with Crippen molar-refractivity contribution in [2.45, 2.75) is 32.2 Å². The third kappa shape index (κ3) is 6.33. The van der Waals surface area contributed by atoms with E-state index in [2.05, 4.69) is 10.6 Å². The highest BCUT2D eigenvalue weighted by atomic mass is 35.5. The normalized spacial score (nSPS) is 16.4. The summed E-state index contributed by atoms with van der Waals surface area (Å²) in [5.74, 6) is -0.665. The lowest BCUT2D eigenvalue weighted by Gasteiger charge is -2.24. The van der Waals surface area contributed by atoms with Gasteiger partial charge in [0.15, 0.2) is 12.1 Å². The molecule has 0 bridgehead atoms. The summed E-state index contributed by atoms with van der Waals surface area (Å²) >= 11 is 6.04. The average molecular weight is 554 g/mol. The van der Waals surface area contributed by atoms with Crippen LogP contribution in [0.1, 0.15) is 38.7 Å². The van der Waals surface area contributed by atoms with Crippen LogP contribution in [0.25, 0.3) is 0 Å². The predicted molar refractivity (Wildman–Crippen MR) is 154 cm³/mol. The van der Waals surface area contributed by atoms with Gasteiger partial charge >= 0.3 is 6.09 Å². The fourth-order valence-corrected chi connectivity index (χ4v) is 4.81. The van der Waals surface area contributed by atoms with Gasteiger partial charge in [-0.3, -0.25) is 14.5 Å². The minimum Gasteiger partial charge on any atom is -0.438 e. The number of hydrogen-bond donors (Lipinski definition) is 2. The Morgan fingerprint density at radius 1 is 0.875 bits per heavy atom. The van der Waals surface area contributed by atoms with E-state index in [-0.39, 0.29) is 18.4 Å². The van der Waals surface area contributed by atoms with E-state index in [1.54, 1.807) is 48.5 Å². The van der Waals surface area contributed by atoms with Crippen LogP contribution in [0.3, 0.4) is 0 Å². The second-order valence-electron chi connectivity index (χ2n) is 9.66. The number of ether oxygens (including phenoxy) is 1. The molecule has 0 spiro atoms. The molecular formula is C32H28ClN3O4. The van der Waals surface area contributed by atoms with Crippen LogP contribution in [-0.4, -0.2) is 28.8 Å². The van der Waals surface area contributed by atoms with Crippen LogP contribution in [0, 0.1) is 6.92 Å². The summed E-state index contributed by atoms with van der Waals surface area (Å²) in [5, 5.41) is 6.28. The molecular weight excluding hydrogens is 526 g/mol. The molecule has 0 saturated carbocycles. The van der Waals surface area contributed by atoms with Gasteiger partial charge in [-0.25, -0.2) is 4.79 Å². The zero-order valence-corrected chi connectivity index (χ0v) is 22.6. The second kappa shape index (κ2) is 12.1. The van der Waals surface area contributed by atoms with E-state index in [0.29, 0.717) is 28.4 Å². The SMILES string of the molecule is Cc1ccc(CN2C(=O)O[C@@H](c3cccc(NC(=O)c4cccc(Cl)c4)c3)[C@H]2C(=O)NCc2ccccc2)cc1. The zero-order valence-electron chi connectivity index (χ0n) is 21.8. The molecule has 1 aliphatic heterocycles. The van der Waals surface area contributed by atoms with Crippen LogP contribution in [0.15, 0.2) is 103 Å². The molecule has 5 rings (SSSR count). The number of cyclic esters (lactones) is 1. The maximum Gasteiger partial charge on any atom is 0.411 e. The number of aryl methyl sites for hydroxylation is 1. The van der Waals surface area contributed by atoms with Crippen LogP contribution in [0.5, 0.6) is 0 Å². The largest absolute Gasteiger partial charge is 0.438 e. The molecule has 1 fully saturated rings. The van der Waals surface area contributed by atoms with Crippen LogP contribution in [0.4, 0.5) is 10.5 Å². The summed E-state index contributed by atoms with van der Waals surface area (Å²) in [6.07, 6.45) is -1.46. The number of hydrogen-bond acceptors (Lipinski definition) is 4. The molecule has 4 aromatic carbocycles. The second-order valence-corrected chi connectivity index (χ2v) is 10.1. The van der Waals surface area contributed by atoms with Gasteiger partial charge in [0.2, 0.25) is 5.91 Å². The van der Waals surface area contributed by atoms with Gasteiger partial charge in [-0.2, -0.15) is 0 Å². The predicted octanol–water partition coefficient (Wildman–Crippen LogP) is 6.28. The molecule has 4 aromatic rings. The number of carbonyl (C=O) groups excluding carboxylic acids is 3. The Morgan fingerprint density at radius 2 is 1.62 bits per heavy atom. The molecule has 0 radical (unpaired) electrons. The van der Waals surface area contributed by atoms with E-state index in [1.165, 1.54) is 4.90 Å². The molecule has 1 heterocycles. The number of rotatable bonds is 8. The first-order valence-corrected chi connectivity index (χ1v) is 13.3. The topological polar surface area (TPSA) is 87.7 Å². The summed E-state index contributed by atoms with van der Waals surface area (Å²) in [4.78, 5) is 41.0. The van der Waals surface area contributed by atoms with Gasteiger partial charge in [0.25, 0.3) is 5.91 Å². The third-order valence-corrected chi connectivity index (χ3v) is 6.93. The lowest BCUT2D eigenvalue weighted by molar-refractivity contribution is -0.126. The maximum absolute atomic E-state index is 13.6. The molecule has 1 aliphatic rings. The Morgan fingerprint density at radius 3 is 2.38 bits per heavy atom. The smallest absolute Gasteiger partial charge is 0.411 e. The van der Waals surface area contributed by atoms with Crippen molar-refractivity contribution in [3.8, 4) is 0 Å². The summed E-state index contributed by atoms with van der Waals surface area (Å²) in [6.45, 7) is 2.51. The van der Waals surface area contributed by atoms with E-state index in [4.69, 9.17) is 16.3 Å². The molecule has 7 nitrogen and oxygen atoms in total. The van der Waals surface area contributed by atoms with Crippen molar-refractivity contribution in [3.05, 3.63) is 136 Å². The van der Waals surface area contributed by atoms with E-state index >= 15 is 0 Å². The first kappa shape index (κ1) is 27.0. The van der Waals surface area contributed by atoms with Crippen molar-refractivity contribution in [3.63, 3.8) is 0 Å². The van der Waals surface area contributed by atoms with Gasteiger partial charge in [-0.1, -0.05) is 90.0 Å². The van der Waals surface area contributed by atoms with Gasteiger partial charge in [-0.05, 0) is 53.9 Å². The molecule has 2 N–H and O–H groups in total. The van der Waals surface area contributed by atoms with Gasteiger partial charge in [0.1, 0.15) is 0 Å². The number of carbonyl (C=O) groups is 3. The molecule has 2 atom stereocenters. The molecule has 0 aliphatic carbocycles. The van der Waals surface area contributed by atoms with Gasteiger partial charge in [0.05, 0.1) is 6.54 Å². The quantitative estimate of drug-likeness (QED) is 0.269. The Labute approximate surface area is 237 Å². The van der Waals surface area contributed by atoms with Crippen LogP contribution in [-0.2, 0) is 22.6 Å². The molecule has 3 amide bonds. The number of amides is 3. The van der Waals surface area contributed by atoms with Crippen molar-refractivity contribution >= 4 is 35.2 Å². The number of nitrogens with one attached hydrogen (secondary N) is 2. The third-order valence-electron chi connectivity index (χ3n) is 6.70. The molecule has 40 heavy (non-hydrogen) atoms. The van der Waals surface area contributed by atoms with E-state index < -0.39 is 18.2 Å². The standard InChI is InChI=1S/C32H28ClN3O4/c1-21-13-15-23(16-14-21)20-36-28(31(38)34-19-22-7-3-2-4-8-22)29(40-32(36)39)24-9-6-12-27(18-24)35-30(37)25-10-5-11-26(33)17-25/h2-18,28-29H,19-20H2,1H3,(H,34,38)(H,35,37)/t28-,29-/m0/s1. The van der Waals surface area contributed by atoms with E-state index in [1.807, 2.05) is 61.5 Å². The minimum absolute atomic E-state index is 0.213. The fraction of sp³-hybridized carbons (Fsp3) is 0.156. The Kier molecular flexibility index (Phi) is 8.12. The van der Waals surface area contributed by atoms with Crippen molar-refractivity contribution < 1.29 is 19.1 Å². The Bertz CT molecular complexity index is 1520. The van der Waals surface area contributed by atoms with Crippen molar-refractivity contribution in [2.24, 2.45) is 0 Å². The monoisotopic (exact) mass is 553 g/mol. The Balaban J connectivity index is 1.40. The van der Waals surface area contributed by atoms with Crippen molar-refractivity contribution in [2.75, 3.05) is 5.32 Å². The maximum atomic E-state index is 13.6. The number of nitrogens with zero attached hydrogens (tertiary/aromatic N) is 1. The Hall–Kier alpha value is -4.62. The number of halogens is 1. The van der Waals surface area contributed by atoms with Crippen LogP contribution < -0.4 is 10.6 Å². The lowest BCUT2D eigenvalue weighted by atomic mass is 9.99. The van der Waals surface area contributed by atoms with Gasteiger partial charge in [0, 0.05) is 22.8 Å². The minimum atomic E-state index is -0.920. The van der Waals surface area contributed by atoms with Gasteiger partial charge < -0.3 is 15.4 Å². The molecule has 0 unspecified atom stereocenters. The summed E-state index contributed by atoms with van der Waals surface area (Å²) in [6, 6.07) is 30.0. The van der Waals surface area contributed by atoms with Crippen molar-refractivity contribution in [1.82, 2.24) is 10.2 Å². The summed E-state index contributed by atoms with van der Waals surface area (Å²) in [7, 11) is 0.